The van der Waals surface area contributed by atoms with Crippen molar-refractivity contribution < 1.29 is 8.81 Å². The van der Waals surface area contributed by atoms with Crippen molar-refractivity contribution in [2.45, 2.75) is 32.4 Å². The average Bonchev–Trinajstić information content (AvgIpc) is 2.98. The van der Waals surface area contributed by atoms with Crippen LogP contribution in [0.2, 0.25) is 0 Å². The number of nitrogens with one attached hydrogen (secondary N) is 2. The quantitative estimate of drug-likeness (QED) is 0.802. The van der Waals surface area contributed by atoms with Crippen molar-refractivity contribution in [3.05, 3.63) is 59.8 Å². The van der Waals surface area contributed by atoms with Gasteiger partial charge in [0.05, 0.1) is 6.26 Å². The second kappa shape index (κ2) is 7.78. The fourth-order valence-corrected chi connectivity index (χ4v) is 2.22. The predicted molar refractivity (Wildman–Crippen MR) is 85.5 cm³/mol. The number of halogens is 1. The summed E-state index contributed by atoms with van der Waals surface area (Å²) in [5.41, 5.74) is 0.990. The van der Waals surface area contributed by atoms with Gasteiger partial charge in [-0.05, 0) is 55.4 Å². The lowest BCUT2D eigenvalue weighted by Gasteiger charge is -2.16. The van der Waals surface area contributed by atoms with E-state index in [1.54, 1.807) is 18.4 Å². The molecule has 1 aromatic heterocycles. The van der Waals surface area contributed by atoms with Crippen LogP contribution >= 0.6 is 12.2 Å². The molecule has 0 fully saturated rings. The Labute approximate surface area is 129 Å². The van der Waals surface area contributed by atoms with Crippen molar-refractivity contribution >= 4 is 17.3 Å². The van der Waals surface area contributed by atoms with E-state index in [0.29, 0.717) is 11.7 Å². The minimum Gasteiger partial charge on any atom is -0.469 e. The highest BCUT2D eigenvalue weighted by Crippen LogP contribution is 2.06. The summed E-state index contributed by atoms with van der Waals surface area (Å²) in [6.45, 7) is 2.66. The van der Waals surface area contributed by atoms with E-state index in [1.807, 2.05) is 12.1 Å². The summed E-state index contributed by atoms with van der Waals surface area (Å²) in [4.78, 5) is 0. The number of hydrogen-bond donors (Lipinski definition) is 2. The number of aryl methyl sites for hydroxylation is 1. The van der Waals surface area contributed by atoms with E-state index in [4.69, 9.17) is 16.6 Å². The maximum atomic E-state index is 12.8. The number of hydrogen-bond acceptors (Lipinski definition) is 2. The molecule has 3 nitrogen and oxygen atoms in total. The van der Waals surface area contributed by atoms with Crippen LogP contribution in [0.3, 0.4) is 0 Å². The van der Waals surface area contributed by atoms with Gasteiger partial charge in [0.1, 0.15) is 11.6 Å². The Morgan fingerprint density at radius 1 is 1.29 bits per heavy atom. The van der Waals surface area contributed by atoms with Gasteiger partial charge in [-0.1, -0.05) is 12.1 Å². The van der Waals surface area contributed by atoms with Gasteiger partial charge in [0.25, 0.3) is 0 Å². The molecule has 0 amide bonds. The van der Waals surface area contributed by atoms with Crippen molar-refractivity contribution in [1.29, 1.82) is 0 Å². The Morgan fingerprint density at radius 2 is 2.05 bits per heavy atom. The van der Waals surface area contributed by atoms with Gasteiger partial charge in [-0.3, -0.25) is 0 Å². The fraction of sp³-hybridized carbons (Fsp3) is 0.312. The Kier molecular flexibility index (Phi) is 5.75. The molecule has 0 aliphatic heterocycles. The van der Waals surface area contributed by atoms with Crippen molar-refractivity contribution in [3.63, 3.8) is 0 Å². The molecule has 5 heteroatoms. The topological polar surface area (TPSA) is 37.2 Å². The Hall–Kier alpha value is -1.88. The van der Waals surface area contributed by atoms with Crippen LogP contribution in [0.1, 0.15) is 24.7 Å². The molecule has 0 saturated carbocycles. The van der Waals surface area contributed by atoms with E-state index >= 15 is 0 Å². The summed E-state index contributed by atoms with van der Waals surface area (Å²) < 4.78 is 18.1. The highest BCUT2D eigenvalue weighted by Gasteiger charge is 2.06. The van der Waals surface area contributed by atoms with Crippen molar-refractivity contribution in [2.24, 2.45) is 0 Å². The normalized spacial score (nSPS) is 11.9. The van der Waals surface area contributed by atoms with E-state index in [2.05, 4.69) is 17.6 Å². The van der Waals surface area contributed by atoms with Gasteiger partial charge in [-0.25, -0.2) is 4.39 Å². The molecule has 21 heavy (non-hydrogen) atoms. The van der Waals surface area contributed by atoms with Crippen LogP contribution in [0.15, 0.2) is 47.1 Å². The molecular formula is C16H19FN2OS. The molecule has 0 unspecified atom stereocenters. The Balaban J connectivity index is 1.67. The first-order valence-electron chi connectivity index (χ1n) is 6.94. The van der Waals surface area contributed by atoms with Gasteiger partial charge in [-0.2, -0.15) is 0 Å². The average molecular weight is 306 g/mol. The third kappa shape index (κ3) is 5.55. The first-order valence-corrected chi connectivity index (χ1v) is 7.35. The molecule has 112 valence electrons. The first kappa shape index (κ1) is 15.5. The maximum Gasteiger partial charge on any atom is 0.166 e. The largest absolute Gasteiger partial charge is 0.469 e. The summed E-state index contributed by atoms with van der Waals surface area (Å²) in [5.74, 6) is 0.750. The minimum atomic E-state index is -0.231. The molecule has 0 saturated heterocycles. The number of thiocarbonyl (C=S) groups is 1. The summed E-state index contributed by atoms with van der Waals surface area (Å²) in [7, 11) is 0. The summed E-state index contributed by atoms with van der Waals surface area (Å²) in [5, 5.41) is 6.95. The van der Waals surface area contributed by atoms with Crippen LogP contribution < -0.4 is 10.6 Å². The molecule has 0 aliphatic rings. The van der Waals surface area contributed by atoms with Gasteiger partial charge in [0.2, 0.25) is 0 Å². The van der Waals surface area contributed by atoms with E-state index in [1.165, 1.54) is 12.1 Å². The zero-order valence-corrected chi connectivity index (χ0v) is 12.8. The zero-order valence-electron chi connectivity index (χ0n) is 11.9. The fourth-order valence-electron chi connectivity index (χ4n) is 1.95. The molecule has 1 aromatic carbocycles. The highest BCUT2D eigenvalue weighted by molar-refractivity contribution is 7.80. The van der Waals surface area contributed by atoms with Crippen LogP contribution in [-0.4, -0.2) is 11.2 Å². The standard InChI is InChI=1S/C16H19FN2OS/c1-12(4-9-15-3-2-10-20-15)19-16(21)18-11-13-5-7-14(17)8-6-13/h2-3,5-8,10,12H,4,9,11H2,1H3,(H2,18,19,21)/t12-/m0/s1. The number of benzene rings is 1. The lowest BCUT2D eigenvalue weighted by Crippen LogP contribution is -2.40. The molecule has 0 bridgehead atoms. The van der Waals surface area contributed by atoms with Crippen LogP contribution in [0.25, 0.3) is 0 Å². The first-order chi connectivity index (χ1) is 10.1. The van der Waals surface area contributed by atoms with Crippen molar-refractivity contribution in [1.82, 2.24) is 10.6 Å². The molecular weight excluding hydrogens is 287 g/mol. The Morgan fingerprint density at radius 3 is 2.71 bits per heavy atom. The highest BCUT2D eigenvalue weighted by atomic mass is 32.1. The van der Waals surface area contributed by atoms with Crippen LogP contribution in [0.5, 0.6) is 0 Å². The molecule has 1 heterocycles. The lowest BCUT2D eigenvalue weighted by atomic mass is 10.1. The smallest absolute Gasteiger partial charge is 0.166 e. The SMILES string of the molecule is C[C@@H](CCc1ccco1)NC(=S)NCc1ccc(F)cc1. The monoisotopic (exact) mass is 306 g/mol. The van der Waals surface area contributed by atoms with E-state index in [0.717, 1.165) is 24.2 Å². The van der Waals surface area contributed by atoms with E-state index in [9.17, 15) is 4.39 Å². The van der Waals surface area contributed by atoms with Crippen LogP contribution in [-0.2, 0) is 13.0 Å². The molecule has 2 N–H and O–H groups in total. The second-order valence-corrected chi connectivity index (χ2v) is 5.38. The molecule has 2 rings (SSSR count). The van der Waals surface area contributed by atoms with Crippen LogP contribution in [0.4, 0.5) is 4.39 Å². The van der Waals surface area contributed by atoms with E-state index in [-0.39, 0.29) is 11.9 Å². The third-order valence-corrected chi connectivity index (χ3v) is 3.41. The predicted octanol–water partition coefficient (Wildman–Crippen LogP) is 3.40. The van der Waals surface area contributed by atoms with Crippen LogP contribution in [0, 0.1) is 5.82 Å². The van der Waals surface area contributed by atoms with E-state index < -0.39 is 0 Å². The maximum absolute atomic E-state index is 12.8. The van der Waals surface area contributed by atoms with Gasteiger partial charge in [-0.15, -0.1) is 0 Å². The second-order valence-electron chi connectivity index (χ2n) is 4.97. The van der Waals surface area contributed by atoms with Gasteiger partial charge >= 0.3 is 0 Å². The zero-order chi connectivity index (χ0) is 15.1. The number of furan rings is 1. The number of rotatable bonds is 6. The Bertz CT molecular complexity index is 554. The minimum absolute atomic E-state index is 0.231. The molecule has 0 spiro atoms. The molecule has 0 radical (unpaired) electrons. The summed E-state index contributed by atoms with van der Waals surface area (Å²) in [6, 6.07) is 10.5. The third-order valence-electron chi connectivity index (χ3n) is 3.15. The molecule has 1 atom stereocenters. The van der Waals surface area contributed by atoms with Crippen molar-refractivity contribution in [2.75, 3.05) is 0 Å². The van der Waals surface area contributed by atoms with Gasteiger partial charge in [0.15, 0.2) is 5.11 Å². The van der Waals surface area contributed by atoms with Gasteiger partial charge < -0.3 is 15.1 Å². The molecule has 2 aromatic rings. The van der Waals surface area contributed by atoms with Crippen molar-refractivity contribution in [3.8, 4) is 0 Å². The summed E-state index contributed by atoms with van der Waals surface area (Å²) in [6.07, 6.45) is 3.50. The van der Waals surface area contributed by atoms with Gasteiger partial charge in [0, 0.05) is 19.0 Å². The lowest BCUT2D eigenvalue weighted by molar-refractivity contribution is 0.482. The molecule has 0 aliphatic carbocycles. The summed E-state index contributed by atoms with van der Waals surface area (Å²) >= 11 is 5.25.